The molecule has 11 heavy (non-hydrogen) atoms. The number of aliphatic hydroxyl groups is 1. The smallest absolute Gasteiger partial charge is 0.0895 e. The Hall–Kier alpha value is -0.160. The largest absolute Gasteiger partial charge is 0.389 e. The Kier molecular flexibility index (Phi) is 6.45. The van der Waals surface area contributed by atoms with Gasteiger partial charge >= 0.3 is 0 Å². The predicted octanol–water partition coefficient (Wildman–Crippen LogP) is -0.642. The van der Waals surface area contributed by atoms with Gasteiger partial charge in [-0.15, -0.1) is 0 Å². The third kappa shape index (κ3) is 6.25. The van der Waals surface area contributed by atoms with Crippen molar-refractivity contribution in [1.82, 2.24) is 0 Å². The molecule has 0 saturated carbocycles. The van der Waals surface area contributed by atoms with Crippen LogP contribution in [0.3, 0.4) is 0 Å². The third-order valence-electron chi connectivity index (χ3n) is 1.25. The van der Waals surface area contributed by atoms with Crippen LogP contribution in [0, 0.1) is 0 Å². The normalized spacial score (nSPS) is 16.4. The number of rotatable bonds is 6. The van der Waals surface area contributed by atoms with E-state index in [1.165, 1.54) is 0 Å². The molecule has 4 heteroatoms. The summed E-state index contributed by atoms with van der Waals surface area (Å²) in [6.07, 6.45) is -0.546. The molecule has 0 aromatic heterocycles. The molecule has 0 aromatic rings. The summed E-state index contributed by atoms with van der Waals surface area (Å²) in [5.41, 5.74) is 5.17. The van der Waals surface area contributed by atoms with Gasteiger partial charge in [-0.1, -0.05) is 0 Å². The summed E-state index contributed by atoms with van der Waals surface area (Å²) in [6.45, 7) is 2.94. The van der Waals surface area contributed by atoms with E-state index < -0.39 is 6.10 Å². The molecule has 0 aliphatic heterocycles. The summed E-state index contributed by atoms with van der Waals surface area (Å²) < 4.78 is 10.0. The lowest BCUT2D eigenvalue weighted by molar-refractivity contribution is -0.0291. The molecule has 2 unspecified atom stereocenters. The van der Waals surface area contributed by atoms with Gasteiger partial charge in [-0.05, 0) is 6.92 Å². The molecular weight excluding hydrogens is 146 g/mol. The summed E-state index contributed by atoms with van der Waals surface area (Å²) in [5.74, 6) is 0. The highest BCUT2D eigenvalue weighted by Crippen LogP contribution is 1.92. The highest BCUT2D eigenvalue weighted by atomic mass is 16.5. The van der Waals surface area contributed by atoms with Crippen LogP contribution in [0.15, 0.2) is 0 Å². The van der Waals surface area contributed by atoms with E-state index in [4.69, 9.17) is 20.3 Å². The van der Waals surface area contributed by atoms with Crippen molar-refractivity contribution in [2.75, 3.05) is 26.9 Å². The average Bonchev–Trinajstić information content (AvgIpc) is 2.01. The Bertz CT molecular complexity index is 89.8. The quantitative estimate of drug-likeness (QED) is 0.546. The summed E-state index contributed by atoms with van der Waals surface area (Å²) in [4.78, 5) is 0. The minimum absolute atomic E-state index is 0.0150. The Balaban J connectivity index is 3.22. The molecular formula is C7H17NO3. The van der Waals surface area contributed by atoms with E-state index in [-0.39, 0.29) is 19.3 Å². The molecule has 0 fully saturated rings. The molecule has 3 N–H and O–H groups in total. The molecule has 0 aliphatic rings. The van der Waals surface area contributed by atoms with Crippen LogP contribution in [0.5, 0.6) is 0 Å². The number of methoxy groups -OCH3 is 1. The van der Waals surface area contributed by atoms with Crippen molar-refractivity contribution < 1.29 is 14.6 Å². The van der Waals surface area contributed by atoms with E-state index in [9.17, 15) is 0 Å². The van der Waals surface area contributed by atoms with Gasteiger partial charge in [0, 0.05) is 13.7 Å². The van der Waals surface area contributed by atoms with Crippen LogP contribution >= 0.6 is 0 Å². The molecule has 0 saturated heterocycles. The Labute approximate surface area is 67.3 Å². The maximum absolute atomic E-state index is 8.98. The number of hydrogen-bond donors (Lipinski definition) is 2. The van der Waals surface area contributed by atoms with E-state index in [0.29, 0.717) is 6.61 Å². The summed E-state index contributed by atoms with van der Waals surface area (Å²) in [6, 6.07) is 0. The zero-order valence-corrected chi connectivity index (χ0v) is 7.12. The SMILES string of the molecule is COCC(C)OCC(O)CN. The van der Waals surface area contributed by atoms with Gasteiger partial charge in [0.2, 0.25) is 0 Å². The lowest BCUT2D eigenvalue weighted by Crippen LogP contribution is -2.28. The topological polar surface area (TPSA) is 64.7 Å². The zero-order valence-electron chi connectivity index (χ0n) is 7.12. The lowest BCUT2D eigenvalue weighted by atomic mass is 10.4. The van der Waals surface area contributed by atoms with Crippen molar-refractivity contribution in [1.29, 1.82) is 0 Å². The van der Waals surface area contributed by atoms with Crippen LogP contribution in [0.1, 0.15) is 6.92 Å². The van der Waals surface area contributed by atoms with Crippen LogP contribution in [0.2, 0.25) is 0 Å². The molecule has 0 aliphatic carbocycles. The van der Waals surface area contributed by atoms with Gasteiger partial charge < -0.3 is 20.3 Å². The van der Waals surface area contributed by atoms with Gasteiger partial charge in [0.05, 0.1) is 25.4 Å². The van der Waals surface area contributed by atoms with Crippen LogP contribution < -0.4 is 5.73 Å². The maximum Gasteiger partial charge on any atom is 0.0895 e. The second kappa shape index (κ2) is 6.54. The Morgan fingerprint density at radius 2 is 2.09 bits per heavy atom. The third-order valence-corrected chi connectivity index (χ3v) is 1.25. The molecule has 0 radical (unpaired) electrons. The first-order valence-corrected chi connectivity index (χ1v) is 3.69. The van der Waals surface area contributed by atoms with Crippen molar-refractivity contribution in [3.63, 3.8) is 0 Å². The average molecular weight is 163 g/mol. The number of nitrogens with two attached hydrogens (primary N) is 1. The van der Waals surface area contributed by atoms with Crippen LogP contribution in [0.4, 0.5) is 0 Å². The highest BCUT2D eigenvalue weighted by molar-refractivity contribution is 4.55. The predicted molar refractivity (Wildman–Crippen MR) is 42.4 cm³/mol. The minimum Gasteiger partial charge on any atom is -0.389 e. The Morgan fingerprint density at radius 3 is 2.55 bits per heavy atom. The zero-order chi connectivity index (χ0) is 8.69. The first kappa shape index (κ1) is 10.8. The molecule has 0 spiro atoms. The number of hydrogen-bond acceptors (Lipinski definition) is 4. The van der Waals surface area contributed by atoms with Crippen molar-refractivity contribution in [3.8, 4) is 0 Å². The monoisotopic (exact) mass is 163 g/mol. The van der Waals surface area contributed by atoms with Crippen LogP contribution in [-0.4, -0.2) is 44.2 Å². The fraction of sp³-hybridized carbons (Fsp3) is 1.00. The van der Waals surface area contributed by atoms with E-state index in [1.54, 1.807) is 7.11 Å². The molecule has 2 atom stereocenters. The van der Waals surface area contributed by atoms with Gasteiger partial charge in [-0.2, -0.15) is 0 Å². The fourth-order valence-corrected chi connectivity index (χ4v) is 0.626. The molecule has 0 bridgehead atoms. The second-order valence-corrected chi connectivity index (χ2v) is 2.49. The first-order chi connectivity index (χ1) is 5.20. The number of ether oxygens (including phenoxy) is 2. The van der Waals surface area contributed by atoms with E-state index >= 15 is 0 Å². The fourth-order valence-electron chi connectivity index (χ4n) is 0.626. The van der Waals surface area contributed by atoms with Crippen LogP contribution in [-0.2, 0) is 9.47 Å². The number of aliphatic hydroxyl groups excluding tert-OH is 1. The van der Waals surface area contributed by atoms with Gasteiger partial charge in [0.25, 0.3) is 0 Å². The second-order valence-electron chi connectivity index (χ2n) is 2.49. The van der Waals surface area contributed by atoms with Crippen molar-refractivity contribution in [2.24, 2.45) is 5.73 Å². The maximum atomic E-state index is 8.98. The molecule has 0 aromatic carbocycles. The summed E-state index contributed by atoms with van der Waals surface area (Å²) >= 11 is 0. The standard InChI is InChI=1S/C7H17NO3/c1-6(4-10-2)11-5-7(9)3-8/h6-7,9H,3-5,8H2,1-2H3. The van der Waals surface area contributed by atoms with Gasteiger partial charge in [-0.3, -0.25) is 0 Å². The molecule has 68 valence electrons. The van der Waals surface area contributed by atoms with Crippen molar-refractivity contribution in [3.05, 3.63) is 0 Å². The Morgan fingerprint density at radius 1 is 1.45 bits per heavy atom. The summed E-state index contributed by atoms with van der Waals surface area (Å²) in [5, 5.41) is 8.98. The first-order valence-electron chi connectivity index (χ1n) is 3.69. The molecule has 0 heterocycles. The minimum atomic E-state index is -0.561. The van der Waals surface area contributed by atoms with Gasteiger partial charge in [0.15, 0.2) is 0 Å². The van der Waals surface area contributed by atoms with E-state index in [1.807, 2.05) is 6.92 Å². The van der Waals surface area contributed by atoms with Crippen molar-refractivity contribution >= 4 is 0 Å². The van der Waals surface area contributed by atoms with Crippen molar-refractivity contribution in [2.45, 2.75) is 19.1 Å². The van der Waals surface area contributed by atoms with Gasteiger partial charge in [-0.25, -0.2) is 0 Å². The van der Waals surface area contributed by atoms with Gasteiger partial charge in [0.1, 0.15) is 0 Å². The molecule has 0 rings (SSSR count). The molecule has 0 amide bonds. The highest BCUT2D eigenvalue weighted by Gasteiger charge is 2.05. The summed E-state index contributed by atoms with van der Waals surface area (Å²) in [7, 11) is 1.61. The lowest BCUT2D eigenvalue weighted by Gasteiger charge is -2.14. The van der Waals surface area contributed by atoms with E-state index in [2.05, 4.69) is 0 Å². The van der Waals surface area contributed by atoms with Crippen LogP contribution in [0.25, 0.3) is 0 Å². The molecule has 4 nitrogen and oxygen atoms in total. The van der Waals surface area contributed by atoms with E-state index in [0.717, 1.165) is 0 Å².